The van der Waals surface area contributed by atoms with E-state index in [4.69, 9.17) is 4.98 Å². The van der Waals surface area contributed by atoms with Gasteiger partial charge < -0.3 is 10.2 Å². The number of rotatable bonds is 4. The summed E-state index contributed by atoms with van der Waals surface area (Å²) in [4.78, 5) is 27.2. The minimum absolute atomic E-state index is 0.257. The number of nitrogens with one attached hydrogen (secondary N) is 1. The first kappa shape index (κ1) is 19.3. The molecular formula is C23H35N5O. The molecule has 6 nitrogen and oxygen atoms in total. The molecule has 0 aromatic carbocycles. The smallest absolute Gasteiger partial charge is 0.225 e. The van der Waals surface area contributed by atoms with Crippen molar-refractivity contribution in [1.82, 2.24) is 20.2 Å². The third-order valence-electron chi connectivity index (χ3n) is 7.90. The molecule has 0 spiro atoms. The molecule has 1 aromatic heterocycles. The Balaban J connectivity index is 1.33. The van der Waals surface area contributed by atoms with Gasteiger partial charge in [0, 0.05) is 49.5 Å². The fourth-order valence-electron chi connectivity index (χ4n) is 6.48. The number of hydrogen-bond acceptors (Lipinski definition) is 5. The molecule has 1 saturated carbocycles. The van der Waals surface area contributed by atoms with Crippen LogP contribution in [0, 0.1) is 24.7 Å². The predicted molar refractivity (Wildman–Crippen MR) is 114 cm³/mol. The third kappa shape index (κ3) is 3.88. The van der Waals surface area contributed by atoms with E-state index in [1.54, 1.807) is 0 Å². The summed E-state index contributed by atoms with van der Waals surface area (Å²) in [6, 6.07) is 3.08. The summed E-state index contributed by atoms with van der Waals surface area (Å²) in [7, 11) is 0. The Morgan fingerprint density at radius 2 is 1.93 bits per heavy atom. The second-order valence-electron chi connectivity index (χ2n) is 9.75. The van der Waals surface area contributed by atoms with Crippen LogP contribution in [0.25, 0.3) is 0 Å². The zero-order valence-corrected chi connectivity index (χ0v) is 17.7. The van der Waals surface area contributed by atoms with Crippen LogP contribution in [-0.2, 0) is 4.79 Å². The number of nitrogens with zero attached hydrogens (tertiary/aromatic N) is 4. The van der Waals surface area contributed by atoms with E-state index in [-0.39, 0.29) is 5.92 Å². The van der Waals surface area contributed by atoms with E-state index in [0.29, 0.717) is 29.8 Å². The summed E-state index contributed by atoms with van der Waals surface area (Å²) < 4.78 is 0. The molecule has 4 fully saturated rings. The van der Waals surface area contributed by atoms with Gasteiger partial charge in [0.25, 0.3) is 0 Å². The molecule has 0 unspecified atom stereocenters. The fourth-order valence-corrected chi connectivity index (χ4v) is 6.48. The van der Waals surface area contributed by atoms with Crippen molar-refractivity contribution in [3.63, 3.8) is 0 Å². The Morgan fingerprint density at radius 1 is 1.14 bits per heavy atom. The lowest BCUT2D eigenvalue weighted by atomic mass is 9.72. The Kier molecular flexibility index (Phi) is 5.46. The lowest BCUT2D eigenvalue weighted by molar-refractivity contribution is -0.125. The SMILES string of the molecule is Cc1ccnc(N2C[C@H]3C[C@@H](C2)[C@H](CNC(=O)C2CCCC2)N2CCCC[C@@H]32)n1. The number of piperidine rings is 3. The second kappa shape index (κ2) is 8.21. The zero-order chi connectivity index (χ0) is 19.8. The van der Waals surface area contributed by atoms with Crippen molar-refractivity contribution in [2.75, 3.05) is 31.1 Å². The van der Waals surface area contributed by atoms with Crippen molar-refractivity contribution >= 4 is 11.9 Å². The number of fused-ring (bicyclic) bond motifs is 4. The Bertz CT molecular complexity index is 734. The Morgan fingerprint density at radius 3 is 2.76 bits per heavy atom. The monoisotopic (exact) mass is 397 g/mol. The molecule has 1 aliphatic carbocycles. The summed E-state index contributed by atoms with van der Waals surface area (Å²) >= 11 is 0. The van der Waals surface area contributed by atoms with E-state index in [9.17, 15) is 4.79 Å². The maximum Gasteiger partial charge on any atom is 0.225 e. The highest BCUT2D eigenvalue weighted by Gasteiger charge is 2.47. The van der Waals surface area contributed by atoms with Crippen LogP contribution in [0.15, 0.2) is 12.3 Å². The largest absolute Gasteiger partial charge is 0.354 e. The first-order valence-electron chi connectivity index (χ1n) is 11.8. The third-order valence-corrected chi connectivity index (χ3v) is 7.90. The maximum atomic E-state index is 12.7. The first-order valence-corrected chi connectivity index (χ1v) is 11.8. The number of aromatic nitrogens is 2. The van der Waals surface area contributed by atoms with Gasteiger partial charge in [-0.2, -0.15) is 0 Å². The molecule has 3 saturated heterocycles. The normalized spacial score (nSPS) is 32.8. The molecule has 1 amide bonds. The van der Waals surface area contributed by atoms with Crippen molar-refractivity contribution in [1.29, 1.82) is 0 Å². The van der Waals surface area contributed by atoms with Crippen LogP contribution in [-0.4, -0.2) is 59.0 Å². The van der Waals surface area contributed by atoms with Crippen molar-refractivity contribution in [2.24, 2.45) is 17.8 Å². The molecule has 4 heterocycles. The van der Waals surface area contributed by atoms with Crippen LogP contribution < -0.4 is 10.2 Å². The van der Waals surface area contributed by atoms with E-state index in [0.717, 1.165) is 44.1 Å². The topological polar surface area (TPSA) is 61.4 Å². The number of carbonyl (C=O) groups is 1. The average molecular weight is 398 g/mol. The second-order valence-corrected chi connectivity index (χ2v) is 9.75. The fraction of sp³-hybridized carbons (Fsp3) is 0.783. The highest BCUT2D eigenvalue weighted by molar-refractivity contribution is 5.78. The molecule has 6 heteroatoms. The van der Waals surface area contributed by atoms with Gasteiger partial charge in [-0.25, -0.2) is 9.97 Å². The minimum atomic E-state index is 0.257. The summed E-state index contributed by atoms with van der Waals surface area (Å²) in [6.45, 7) is 6.13. The molecule has 29 heavy (non-hydrogen) atoms. The van der Waals surface area contributed by atoms with Gasteiger partial charge in [0.2, 0.25) is 11.9 Å². The van der Waals surface area contributed by atoms with Crippen LogP contribution in [0.3, 0.4) is 0 Å². The molecule has 0 radical (unpaired) electrons. The van der Waals surface area contributed by atoms with Gasteiger partial charge in [0.15, 0.2) is 0 Å². The standard InChI is InChI=1S/C23H35N5O/c1-16-9-10-24-23(26-16)27-14-18-12-19(15-27)21(28-11-5-4-8-20(18)28)13-25-22(29)17-6-2-3-7-17/h9-10,17-21H,2-8,11-15H2,1H3,(H,25,29)/t18-,19+,20+,21+/m1/s1. The van der Waals surface area contributed by atoms with Crippen LogP contribution >= 0.6 is 0 Å². The molecule has 1 N–H and O–H groups in total. The molecule has 1 aromatic rings. The van der Waals surface area contributed by atoms with E-state index in [1.165, 1.54) is 45.1 Å². The van der Waals surface area contributed by atoms with Gasteiger partial charge in [0.1, 0.15) is 0 Å². The lowest BCUT2D eigenvalue weighted by Crippen LogP contribution is -2.66. The number of anilines is 1. The predicted octanol–water partition coefficient (Wildman–Crippen LogP) is 2.77. The van der Waals surface area contributed by atoms with E-state index in [2.05, 4.69) is 20.1 Å². The van der Waals surface area contributed by atoms with Crippen molar-refractivity contribution in [3.8, 4) is 0 Å². The maximum absolute atomic E-state index is 12.7. The van der Waals surface area contributed by atoms with Crippen molar-refractivity contribution < 1.29 is 4.79 Å². The van der Waals surface area contributed by atoms with Gasteiger partial charge in [-0.3, -0.25) is 9.69 Å². The van der Waals surface area contributed by atoms with Crippen LogP contribution in [0.5, 0.6) is 0 Å². The van der Waals surface area contributed by atoms with Crippen LogP contribution in [0.4, 0.5) is 5.95 Å². The summed E-state index contributed by atoms with van der Waals surface area (Å²) in [6.07, 6.45) is 11.7. The summed E-state index contributed by atoms with van der Waals surface area (Å²) in [5, 5.41) is 3.36. The van der Waals surface area contributed by atoms with Crippen LogP contribution in [0.2, 0.25) is 0 Å². The molecule has 4 aliphatic rings. The van der Waals surface area contributed by atoms with E-state index >= 15 is 0 Å². The molecule has 158 valence electrons. The van der Waals surface area contributed by atoms with Gasteiger partial charge in [0.05, 0.1) is 0 Å². The number of amides is 1. The average Bonchev–Trinajstić information content (AvgIpc) is 3.28. The number of carbonyl (C=O) groups excluding carboxylic acids is 1. The van der Waals surface area contributed by atoms with Gasteiger partial charge in [-0.15, -0.1) is 0 Å². The zero-order valence-electron chi connectivity index (χ0n) is 17.7. The Hall–Kier alpha value is -1.69. The lowest BCUT2D eigenvalue weighted by Gasteiger charge is -2.56. The van der Waals surface area contributed by atoms with E-state index < -0.39 is 0 Å². The highest BCUT2D eigenvalue weighted by atomic mass is 16.1. The van der Waals surface area contributed by atoms with Crippen molar-refractivity contribution in [2.45, 2.75) is 70.4 Å². The molecule has 4 atom stereocenters. The minimum Gasteiger partial charge on any atom is -0.354 e. The molecular weight excluding hydrogens is 362 g/mol. The van der Waals surface area contributed by atoms with Gasteiger partial charge in [-0.05, 0) is 63.5 Å². The van der Waals surface area contributed by atoms with Crippen LogP contribution in [0.1, 0.15) is 57.1 Å². The van der Waals surface area contributed by atoms with Gasteiger partial charge in [-0.1, -0.05) is 19.3 Å². The highest BCUT2D eigenvalue weighted by Crippen LogP contribution is 2.41. The van der Waals surface area contributed by atoms with Gasteiger partial charge >= 0.3 is 0 Å². The molecule has 3 aliphatic heterocycles. The molecule has 2 bridgehead atoms. The summed E-state index contributed by atoms with van der Waals surface area (Å²) in [5.74, 6) is 2.72. The van der Waals surface area contributed by atoms with Crippen molar-refractivity contribution in [3.05, 3.63) is 18.0 Å². The number of aryl methyl sites for hydroxylation is 1. The quantitative estimate of drug-likeness (QED) is 0.847. The van der Waals surface area contributed by atoms with E-state index in [1.807, 2.05) is 19.2 Å². The first-order chi connectivity index (χ1) is 14.2. The Labute approximate surface area is 174 Å². The number of hydrogen-bond donors (Lipinski definition) is 1. The molecule has 5 rings (SSSR count). The summed E-state index contributed by atoms with van der Waals surface area (Å²) in [5.41, 5.74) is 1.03.